The van der Waals surface area contributed by atoms with Crippen LogP contribution >= 0.6 is 22.9 Å². The summed E-state index contributed by atoms with van der Waals surface area (Å²) in [6, 6.07) is 10.5. The minimum atomic E-state index is -0.500. The standard InChI is InChI=1S/C32H34ClN7O2S.C4H10O/c1-4-42-26(41)14-23-18(2)13-24-30(27(23)19-5-7-21(33)8-6-19)43-32(37-24)25-17-35-31-29(36-25)28(38-39(31)3)20-9-11-40(12-10-20)22-15-34-16-22;1-4(2,3)5/h5-8,13,17,20,22,34H,4,9-12,14-16H2,1-3H3;5H,1-3H3. The molecule has 0 unspecified atom stereocenters. The van der Waals surface area contributed by atoms with E-state index >= 15 is 0 Å². The van der Waals surface area contributed by atoms with Crippen LogP contribution in [0.2, 0.25) is 5.02 Å². The van der Waals surface area contributed by atoms with Crippen molar-refractivity contribution < 1.29 is 14.6 Å². The van der Waals surface area contributed by atoms with E-state index in [2.05, 4.69) is 16.3 Å². The normalized spacial score (nSPS) is 16.2. The van der Waals surface area contributed by atoms with Crippen LogP contribution < -0.4 is 5.32 Å². The summed E-state index contributed by atoms with van der Waals surface area (Å²) in [5.74, 6) is 0.109. The SMILES string of the molecule is CC(C)(C)O.CCOC(=O)Cc1c(C)cc2nc(-c3cnc4c(n3)c(C3CCN(C5CNC5)CC3)nn4C)sc2c1-c1ccc(Cl)cc1. The summed E-state index contributed by atoms with van der Waals surface area (Å²) in [4.78, 5) is 30.2. The predicted molar refractivity (Wildman–Crippen MR) is 193 cm³/mol. The number of aryl methyl sites for hydroxylation is 2. The third kappa shape index (κ3) is 7.55. The van der Waals surface area contributed by atoms with Crippen molar-refractivity contribution in [1.29, 1.82) is 0 Å². The predicted octanol–water partition coefficient (Wildman–Crippen LogP) is 6.30. The van der Waals surface area contributed by atoms with Gasteiger partial charge in [0.1, 0.15) is 16.2 Å². The van der Waals surface area contributed by atoms with Crippen LogP contribution in [-0.4, -0.2) is 85.1 Å². The summed E-state index contributed by atoms with van der Waals surface area (Å²) in [5, 5.41) is 18.3. The number of halogens is 1. The molecule has 12 heteroatoms. The molecule has 0 atom stereocenters. The lowest BCUT2D eigenvalue weighted by Gasteiger charge is -2.41. The minimum Gasteiger partial charge on any atom is -0.466 e. The Morgan fingerprint density at radius 1 is 1.15 bits per heavy atom. The maximum atomic E-state index is 12.6. The average Bonchev–Trinajstić information content (AvgIpc) is 3.57. The quantitative estimate of drug-likeness (QED) is 0.190. The Morgan fingerprint density at radius 3 is 2.46 bits per heavy atom. The summed E-state index contributed by atoms with van der Waals surface area (Å²) < 4.78 is 8.17. The Kier molecular flexibility index (Phi) is 10.1. The first-order valence-electron chi connectivity index (χ1n) is 16.6. The van der Waals surface area contributed by atoms with Gasteiger partial charge >= 0.3 is 5.97 Å². The van der Waals surface area contributed by atoms with E-state index in [4.69, 9.17) is 41.5 Å². The van der Waals surface area contributed by atoms with E-state index < -0.39 is 5.60 Å². The molecule has 0 spiro atoms. The molecule has 0 radical (unpaired) electrons. The molecule has 5 heterocycles. The summed E-state index contributed by atoms with van der Waals surface area (Å²) in [7, 11) is 1.94. The highest BCUT2D eigenvalue weighted by atomic mass is 35.5. The van der Waals surface area contributed by atoms with E-state index in [-0.39, 0.29) is 12.4 Å². The Balaban J connectivity index is 0.000000749. The number of nitrogens with zero attached hydrogens (tertiary/aromatic N) is 6. The zero-order valence-corrected chi connectivity index (χ0v) is 30.1. The number of rotatable bonds is 7. The monoisotopic (exact) mass is 689 g/mol. The van der Waals surface area contributed by atoms with Crippen molar-refractivity contribution in [3.8, 4) is 21.8 Å². The summed E-state index contributed by atoms with van der Waals surface area (Å²) >= 11 is 7.81. The Labute approximate surface area is 290 Å². The maximum Gasteiger partial charge on any atom is 0.310 e. The van der Waals surface area contributed by atoms with Gasteiger partial charge in [-0.2, -0.15) is 5.10 Å². The van der Waals surface area contributed by atoms with E-state index in [9.17, 15) is 4.79 Å². The van der Waals surface area contributed by atoms with E-state index in [0.717, 1.165) is 99.1 Å². The zero-order valence-electron chi connectivity index (χ0n) is 28.5. The highest BCUT2D eigenvalue weighted by Crippen LogP contribution is 2.41. The van der Waals surface area contributed by atoms with Crippen LogP contribution in [0.3, 0.4) is 0 Å². The average molecular weight is 690 g/mol. The largest absolute Gasteiger partial charge is 0.466 e. The van der Waals surface area contributed by atoms with E-state index in [1.807, 2.05) is 49.8 Å². The lowest BCUT2D eigenvalue weighted by atomic mass is 9.91. The van der Waals surface area contributed by atoms with Gasteiger partial charge in [-0.05, 0) is 95.4 Å². The third-order valence-electron chi connectivity index (χ3n) is 8.74. The van der Waals surface area contributed by atoms with Crippen LogP contribution in [0.15, 0.2) is 36.5 Å². The van der Waals surface area contributed by atoms with E-state index in [1.54, 1.807) is 38.3 Å². The molecule has 0 saturated carbocycles. The molecule has 2 aliphatic rings. The van der Waals surface area contributed by atoms with Crippen LogP contribution in [0.25, 0.3) is 43.2 Å². The number of hydrogen-bond donors (Lipinski definition) is 2. The Hall–Kier alpha value is -3.48. The van der Waals surface area contributed by atoms with Crippen LogP contribution in [0.5, 0.6) is 0 Å². The number of thiazole rings is 1. The van der Waals surface area contributed by atoms with E-state index in [0.29, 0.717) is 23.6 Å². The number of ether oxygens (including phenoxy) is 1. The topological polar surface area (TPSA) is 118 Å². The van der Waals surface area contributed by atoms with Gasteiger partial charge in [-0.25, -0.2) is 19.6 Å². The summed E-state index contributed by atoms with van der Waals surface area (Å²) in [5.41, 5.74) is 7.66. The molecule has 3 aromatic heterocycles. The van der Waals surface area contributed by atoms with Gasteiger partial charge in [0, 0.05) is 42.7 Å². The highest BCUT2D eigenvalue weighted by Gasteiger charge is 2.31. The van der Waals surface area contributed by atoms with Gasteiger partial charge in [0.25, 0.3) is 0 Å². The first-order chi connectivity index (χ1) is 22.9. The second-order valence-corrected chi connectivity index (χ2v) is 15.1. The lowest BCUT2D eigenvalue weighted by Crippen LogP contribution is -2.58. The van der Waals surface area contributed by atoms with Gasteiger partial charge in [-0.15, -0.1) is 11.3 Å². The van der Waals surface area contributed by atoms with Crippen molar-refractivity contribution in [2.24, 2.45) is 7.05 Å². The van der Waals surface area contributed by atoms with Gasteiger partial charge in [-0.3, -0.25) is 9.69 Å². The molecule has 2 aliphatic heterocycles. The number of piperidine rings is 1. The van der Waals surface area contributed by atoms with Crippen LogP contribution in [0.1, 0.15) is 63.3 Å². The second kappa shape index (κ2) is 14.2. The molecule has 5 aromatic rings. The lowest BCUT2D eigenvalue weighted by molar-refractivity contribution is -0.142. The number of aromatic nitrogens is 5. The number of carbonyl (C=O) groups excluding carboxylic acids is 1. The molecule has 7 rings (SSSR count). The molecule has 254 valence electrons. The number of aliphatic hydroxyl groups is 1. The summed E-state index contributed by atoms with van der Waals surface area (Å²) in [6.07, 6.45) is 4.12. The number of esters is 1. The number of nitrogens with one attached hydrogen (secondary N) is 1. The Morgan fingerprint density at radius 2 is 1.83 bits per heavy atom. The third-order valence-corrected chi connectivity index (χ3v) is 10.1. The molecule has 0 aliphatic carbocycles. The molecule has 0 amide bonds. The number of likely N-dealkylation sites (tertiary alicyclic amines) is 1. The molecule has 0 bridgehead atoms. The fraction of sp³-hybridized carbons (Fsp3) is 0.472. The fourth-order valence-corrected chi connectivity index (χ4v) is 7.56. The van der Waals surface area contributed by atoms with Crippen LogP contribution in [0, 0.1) is 6.92 Å². The van der Waals surface area contributed by atoms with Gasteiger partial charge < -0.3 is 15.2 Å². The molecule has 10 nitrogen and oxygen atoms in total. The first-order valence-corrected chi connectivity index (χ1v) is 17.8. The van der Waals surface area contributed by atoms with Crippen molar-refractivity contribution in [2.45, 2.75) is 71.4 Å². The molecule has 2 aromatic carbocycles. The highest BCUT2D eigenvalue weighted by molar-refractivity contribution is 7.22. The number of carbonyl (C=O) groups is 1. The van der Waals surface area contributed by atoms with Gasteiger partial charge in [0.2, 0.25) is 0 Å². The smallest absolute Gasteiger partial charge is 0.310 e. The van der Waals surface area contributed by atoms with Gasteiger partial charge in [-0.1, -0.05) is 23.7 Å². The first kappa shape index (κ1) is 34.4. The van der Waals surface area contributed by atoms with Gasteiger partial charge in [0.05, 0.1) is 40.7 Å². The molecular weight excluding hydrogens is 646 g/mol. The van der Waals surface area contributed by atoms with Gasteiger partial charge in [0.15, 0.2) is 5.65 Å². The van der Waals surface area contributed by atoms with Crippen LogP contribution in [-0.2, 0) is 23.0 Å². The summed E-state index contributed by atoms with van der Waals surface area (Å²) in [6.45, 7) is 13.8. The minimum absolute atomic E-state index is 0.182. The van der Waals surface area contributed by atoms with Crippen LogP contribution in [0.4, 0.5) is 0 Å². The zero-order chi connectivity index (χ0) is 34.2. The van der Waals surface area contributed by atoms with Crippen molar-refractivity contribution in [3.05, 3.63) is 58.4 Å². The fourth-order valence-electron chi connectivity index (χ4n) is 6.35. The molecular formula is C36H44ClN7O3S. The number of fused-ring (bicyclic) bond motifs is 2. The second-order valence-electron chi connectivity index (χ2n) is 13.6. The molecule has 2 saturated heterocycles. The van der Waals surface area contributed by atoms with E-state index in [1.165, 1.54) is 0 Å². The molecule has 2 fully saturated rings. The molecule has 48 heavy (non-hydrogen) atoms. The van der Waals surface area contributed by atoms with Crippen molar-refractivity contribution in [3.63, 3.8) is 0 Å². The number of hydrogen-bond acceptors (Lipinski definition) is 10. The van der Waals surface area contributed by atoms with Crippen molar-refractivity contribution >= 4 is 50.3 Å². The molecule has 2 N–H and O–H groups in total. The number of benzene rings is 2. The van der Waals surface area contributed by atoms with Crippen molar-refractivity contribution in [2.75, 3.05) is 32.8 Å². The maximum absolute atomic E-state index is 12.6. The Bertz CT molecular complexity index is 1910. The van der Waals surface area contributed by atoms with Crippen molar-refractivity contribution in [1.82, 2.24) is 34.9 Å².